The molecule has 0 aromatic rings. The van der Waals surface area contributed by atoms with Crippen molar-refractivity contribution in [3.63, 3.8) is 0 Å². The Morgan fingerprint density at radius 1 is 1.56 bits per heavy atom. The Balaban J connectivity index is 2.41. The molecule has 94 valence electrons. The van der Waals surface area contributed by atoms with Gasteiger partial charge in [0.2, 0.25) is 0 Å². The van der Waals surface area contributed by atoms with Gasteiger partial charge in [-0.05, 0) is 19.8 Å². The fraction of sp³-hybridized carbons (Fsp3) is 0.909. The van der Waals surface area contributed by atoms with Crippen LogP contribution in [0.3, 0.4) is 0 Å². The van der Waals surface area contributed by atoms with Crippen LogP contribution in [0, 0.1) is 0 Å². The number of ether oxygens (including phenoxy) is 1. The molecule has 2 atom stereocenters. The summed E-state index contributed by atoms with van der Waals surface area (Å²) in [6, 6.07) is 0.00352. The number of hydrogen-bond donors (Lipinski definition) is 2. The lowest BCUT2D eigenvalue weighted by Crippen LogP contribution is -2.48. The Morgan fingerprint density at radius 2 is 2.31 bits per heavy atom. The molecule has 5 heteroatoms. The molecular weight excluding hydrogens is 208 g/mol. The van der Waals surface area contributed by atoms with Gasteiger partial charge in [0.05, 0.1) is 18.8 Å². The molecule has 5 nitrogen and oxygen atoms in total. The van der Waals surface area contributed by atoms with Crippen LogP contribution in [-0.2, 0) is 4.74 Å². The van der Waals surface area contributed by atoms with E-state index in [0.717, 1.165) is 12.8 Å². The summed E-state index contributed by atoms with van der Waals surface area (Å²) in [5, 5.41) is 11.8. The highest BCUT2D eigenvalue weighted by molar-refractivity contribution is 5.74. The third kappa shape index (κ3) is 3.64. The van der Waals surface area contributed by atoms with Gasteiger partial charge in [0.15, 0.2) is 0 Å². The van der Waals surface area contributed by atoms with E-state index in [2.05, 4.69) is 5.32 Å². The number of nitrogens with one attached hydrogen (secondary N) is 1. The SMILES string of the molecule is CCCN(CCO)C(=O)NC1CCOC1C. The normalized spacial score (nSPS) is 24.4. The van der Waals surface area contributed by atoms with Crippen LogP contribution >= 0.6 is 0 Å². The van der Waals surface area contributed by atoms with Gasteiger partial charge in [-0.2, -0.15) is 0 Å². The van der Waals surface area contributed by atoms with E-state index in [-0.39, 0.29) is 24.8 Å². The number of aliphatic hydroxyl groups excluding tert-OH is 1. The van der Waals surface area contributed by atoms with Crippen molar-refractivity contribution >= 4 is 6.03 Å². The van der Waals surface area contributed by atoms with Crippen LogP contribution < -0.4 is 5.32 Å². The van der Waals surface area contributed by atoms with Gasteiger partial charge in [-0.1, -0.05) is 6.92 Å². The van der Waals surface area contributed by atoms with E-state index in [9.17, 15) is 4.79 Å². The predicted octanol–water partition coefficient (Wildman–Crippen LogP) is 0.578. The first kappa shape index (κ1) is 13.3. The quantitative estimate of drug-likeness (QED) is 0.726. The van der Waals surface area contributed by atoms with Crippen LogP contribution in [0.15, 0.2) is 0 Å². The number of aliphatic hydroxyl groups is 1. The Bertz CT molecular complexity index is 217. The van der Waals surface area contributed by atoms with Crippen molar-refractivity contribution in [1.82, 2.24) is 10.2 Å². The van der Waals surface area contributed by atoms with Crippen molar-refractivity contribution in [1.29, 1.82) is 0 Å². The van der Waals surface area contributed by atoms with Crippen LogP contribution in [-0.4, -0.2) is 54.5 Å². The van der Waals surface area contributed by atoms with Crippen molar-refractivity contribution in [2.75, 3.05) is 26.3 Å². The Labute approximate surface area is 96.8 Å². The summed E-state index contributed by atoms with van der Waals surface area (Å²) in [4.78, 5) is 13.5. The summed E-state index contributed by atoms with van der Waals surface area (Å²) in [5.74, 6) is 0. The number of hydrogen-bond acceptors (Lipinski definition) is 3. The van der Waals surface area contributed by atoms with Gasteiger partial charge in [-0.25, -0.2) is 4.79 Å². The van der Waals surface area contributed by atoms with Gasteiger partial charge >= 0.3 is 6.03 Å². The molecule has 2 unspecified atom stereocenters. The van der Waals surface area contributed by atoms with Crippen LogP contribution in [0.4, 0.5) is 4.79 Å². The number of carbonyl (C=O) groups is 1. The van der Waals surface area contributed by atoms with E-state index in [1.54, 1.807) is 4.90 Å². The molecule has 1 aliphatic heterocycles. The molecule has 2 N–H and O–H groups in total. The molecule has 0 radical (unpaired) electrons. The zero-order chi connectivity index (χ0) is 12.0. The van der Waals surface area contributed by atoms with E-state index < -0.39 is 0 Å². The Hall–Kier alpha value is -0.810. The zero-order valence-corrected chi connectivity index (χ0v) is 10.1. The van der Waals surface area contributed by atoms with Crippen LogP contribution in [0.5, 0.6) is 0 Å². The number of amides is 2. The zero-order valence-electron chi connectivity index (χ0n) is 10.1. The Morgan fingerprint density at radius 3 is 2.81 bits per heavy atom. The second-order valence-corrected chi connectivity index (χ2v) is 4.13. The first-order chi connectivity index (χ1) is 7.69. The molecule has 1 fully saturated rings. The van der Waals surface area contributed by atoms with Gasteiger partial charge in [0.1, 0.15) is 0 Å². The second kappa shape index (κ2) is 6.70. The minimum atomic E-state index is -0.0988. The summed E-state index contributed by atoms with van der Waals surface area (Å²) >= 11 is 0. The van der Waals surface area contributed by atoms with Gasteiger partial charge in [0.25, 0.3) is 0 Å². The molecular formula is C11H22N2O3. The molecule has 0 saturated carbocycles. The molecule has 0 spiro atoms. The highest BCUT2D eigenvalue weighted by atomic mass is 16.5. The third-order valence-corrected chi connectivity index (χ3v) is 2.84. The number of carbonyl (C=O) groups excluding carboxylic acids is 1. The van der Waals surface area contributed by atoms with Gasteiger partial charge in [-0.3, -0.25) is 0 Å². The van der Waals surface area contributed by atoms with Gasteiger partial charge in [0, 0.05) is 19.7 Å². The smallest absolute Gasteiger partial charge is 0.317 e. The van der Waals surface area contributed by atoms with Crippen molar-refractivity contribution in [3.05, 3.63) is 0 Å². The first-order valence-corrected chi connectivity index (χ1v) is 5.97. The highest BCUT2D eigenvalue weighted by Crippen LogP contribution is 2.12. The lowest BCUT2D eigenvalue weighted by atomic mass is 10.2. The minimum Gasteiger partial charge on any atom is -0.395 e. The van der Waals surface area contributed by atoms with E-state index in [1.807, 2.05) is 13.8 Å². The average molecular weight is 230 g/mol. The number of nitrogens with zero attached hydrogens (tertiary/aromatic N) is 1. The van der Waals surface area contributed by atoms with Crippen molar-refractivity contribution < 1.29 is 14.6 Å². The topological polar surface area (TPSA) is 61.8 Å². The number of rotatable bonds is 5. The molecule has 2 amide bonds. The highest BCUT2D eigenvalue weighted by Gasteiger charge is 2.27. The fourth-order valence-electron chi connectivity index (χ4n) is 1.88. The summed E-state index contributed by atoms with van der Waals surface area (Å²) in [6.45, 7) is 5.76. The standard InChI is InChI=1S/C11H22N2O3/c1-3-5-13(6-7-14)11(15)12-10-4-8-16-9(10)2/h9-10,14H,3-8H2,1-2H3,(H,12,15). The summed E-state index contributed by atoms with van der Waals surface area (Å²) in [5.41, 5.74) is 0. The molecule has 0 aromatic heterocycles. The fourth-order valence-corrected chi connectivity index (χ4v) is 1.88. The Kier molecular flexibility index (Phi) is 5.55. The minimum absolute atomic E-state index is 0.00411. The maximum Gasteiger partial charge on any atom is 0.317 e. The maximum absolute atomic E-state index is 11.9. The van der Waals surface area contributed by atoms with Crippen molar-refractivity contribution in [2.45, 2.75) is 38.8 Å². The monoisotopic (exact) mass is 230 g/mol. The van der Waals surface area contributed by atoms with Crippen LogP contribution in [0.1, 0.15) is 26.7 Å². The molecule has 0 bridgehead atoms. The average Bonchev–Trinajstić information content (AvgIpc) is 2.64. The van der Waals surface area contributed by atoms with Gasteiger partial charge < -0.3 is 20.1 Å². The molecule has 1 heterocycles. The molecule has 16 heavy (non-hydrogen) atoms. The second-order valence-electron chi connectivity index (χ2n) is 4.13. The van der Waals surface area contributed by atoms with E-state index in [0.29, 0.717) is 19.7 Å². The van der Waals surface area contributed by atoms with E-state index >= 15 is 0 Å². The summed E-state index contributed by atoms with van der Waals surface area (Å²) in [6.07, 6.45) is 1.84. The van der Waals surface area contributed by atoms with E-state index in [4.69, 9.17) is 9.84 Å². The van der Waals surface area contributed by atoms with E-state index in [1.165, 1.54) is 0 Å². The lowest BCUT2D eigenvalue weighted by molar-refractivity contribution is 0.111. The maximum atomic E-state index is 11.9. The summed E-state index contributed by atoms with van der Waals surface area (Å²) < 4.78 is 5.38. The molecule has 1 saturated heterocycles. The van der Waals surface area contributed by atoms with Crippen LogP contribution in [0.2, 0.25) is 0 Å². The molecule has 1 aliphatic rings. The largest absolute Gasteiger partial charge is 0.395 e. The van der Waals surface area contributed by atoms with Crippen LogP contribution in [0.25, 0.3) is 0 Å². The molecule has 1 rings (SSSR count). The van der Waals surface area contributed by atoms with Crippen molar-refractivity contribution in [3.8, 4) is 0 Å². The lowest BCUT2D eigenvalue weighted by Gasteiger charge is -2.25. The molecule has 0 aliphatic carbocycles. The first-order valence-electron chi connectivity index (χ1n) is 5.97. The summed E-state index contributed by atoms with van der Waals surface area (Å²) in [7, 11) is 0. The third-order valence-electron chi connectivity index (χ3n) is 2.84. The molecule has 0 aromatic carbocycles. The van der Waals surface area contributed by atoms with Crippen molar-refractivity contribution in [2.24, 2.45) is 0 Å². The predicted molar refractivity (Wildman–Crippen MR) is 61.3 cm³/mol. The number of urea groups is 1. The van der Waals surface area contributed by atoms with Gasteiger partial charge in [-0.15, -0.1) is 0 Å².